The van der Waals surface area contributed by atoms with Crippen LogP contribution >= 0.6 is 0 Å². The molecule has 1 atom stereocenters. The lowest BCUT2D eigenvalue weighted by Crippen LogP contribution is -2.38. The number of rotatable bonds is 6. The van der Waals surface area contributed by atoms with E-state index in [4.69, 9.17) is 4.74 Å². The Labute approximate surface area is 129 Å². The Kier molecular flexibility index (Phi) is 5.65. The van der Waals surface area contributed by atoms with E-state index < -0.39 is 0 Å². The third kappa shape index (κ3) is 4.72. The molecule has 1 aliphatic heterocycles. The van der Waals surface area contributed by atoms with Gasteiger partial charge in [-0.1, -0.05) is 25.1 Å². The van der Waals surface area contributed by atoms with Crippen LogP contribution in [0.1, 0.15) is 52.1 Å². The van der Waals surface area contributed by atoms with Gasteiger partial charge >= 0.3 is 0 Å². The van der Waals surface area contributed by atoms with Crippen molar-refractivity contribution in [1.82, 2.24) is 5.32 Å². The van der Waals surface area contributed by atoms with E-state index >= 15 is 0 Å². The van der Waals surface area contributed by atoms with Crippen LogP contribution in [0.3, 0.4) is 0 Å². The first-order chi connectivity index (χ1) is 10.0. The van der Waals surface area contributed by atoms with Crippen LogP contribution in [0.25, 0.3) is 0 Å². The molecular weight excluding hydrogens is 260 g/mol. The van der Waals surface area contributed by atoms with E-state index in [0.717, 1.165) is 26.2 Å². The quantitative estimate of drug-likeness (QED) is 0.863. The van der Waals surface area contributed by atoms with Crippen molar-refractivity contribution in [2.75, 3.05) is 31.1 Å². The first-order valence-electron chi connectivity index (χ1n) is 8.22. The van der Waals surface area contributed by atoms with Crippen LogP contribution in [0.4, 0.5) is 5.69 Å². The van der Waals surface area contributed by atoms with E-state index in [1.807, 2.05) is 0 Å². The molecule has 1 aromatic rings. The van der Waals surface area contributed by atoms with E-state index in [1.165, 1.54) is 24.1 Å². The molecule has 0 fully saturated rings. The summed E-state index contributed by atoms with van der Waals surface area (Å²) < 4.78 is 5.88. The lowest BCUT2D eigenvalue weighted by molar-refractivity contribution is 0.00122. The maximum Gasteiger partial charge on any atom is 0.0648 e. The number of benzene rings is 1. The Bertz CT molecular complexity index is 439. The maximum atomic E-state index is 5.88. The topological polar surface area (TPSA) is 24.5 Å². The van der Waals surface area contributed by atoms with Crippen molar-refractivity contribution in [1.29, 1.82) is 0 Å². The number of hydrogen-bond donors (Lipinski definition) is 1. The summed E-state index contributed by atoms with van der Waals surface area (Å²) in [5.41, 5.74) is 2.75. The van der Waals surface area contributed by atoms with Crippen molar-refractivity contribution >= 4 is 5.69 Å². The van der Waals surface area contributed by atoms with Gasteiger partial charge in [-0.05, 0) is 51.8 Å². The second-order valence-electron chi connectivity index (χ2n) is 6.80. The van der Waals surface area contributed by atoms with Gasteiger partial charge in [0.05, 0.1) is 12.2 Å². The lowest BCUT2D eigenvalue weighted by Gasteiger charge is -2.36. The molecular formula is C18H30N2O. The van der Waals surface area contributed by atoms with Crippen LogP contribution < -0.4 is 10.2 Å². The Morgan fingerprint density at radius 3 is 2.76 bits per heavy atom. The number of fused-ring (bicyclic) bond motifs is 1. The second-order valence-corrected chi connectivity index (χ2v) is 6.80. The second kappa shape index (κ2) is 7.28. The minimum absolute atomic E-state index is 0.0550. The largest absolute Gasteiger partial charge is 0.374 e. The smallest absolute Gasteiger partial charge is 0.0648 e. The molecule has 1 aliphatic rings. The van der Waals surface area contributed by atoms with Gasteiger partial charge in [-0.3, -0.25) is 0 Å². The van der Waals surface area contributed by atoms with Crippen molar-refractivity contribution in [2.45, 2.75) is 52.2 Å². The van der Waals surface area contributed by atoms with Crippen LogP contribution in [0.2, 0.25) is 0 Å². The SMILES string of the molecule is CCCNC1CCN(CCOC(C)(C)C)c2ccccc21. The number of nitrogens with one attached hydrogen (secondary N) is 1. The first-order valence-corrected chi connectivity index (χ1v) is 8.22. The summed E-state index contributed by atoms with van der Waals surface area (Å²) >= 11 is 0. The van der Waals surface area contributed by atoms with Crippen LogP contribution in [-0.4, -0.2) is 31.8 Å². The van der Waals surface area contributed by atoms with Crippen molar-refractivity contribution < 1.29 is 4.74 Å². The van der Waals surface area contributed by atoms with E-state index in [-0.39, 0.29) is 5.60 Å². The average molecular weight is 290 g/mol. The Morgan fingerprint density at radius 2 is 2.05 bits per heavy atom. The summed E-state index contributed by atoms with van der Waals surface area (Å²) in [7, 11) is 0. The molecule has 21 heavy (non-hydrogen) atoms. The molecule has 1 N–H and O–H groups in total. The molecule has 3 heteroatoms. The molecule has 0 spiro atoms. The van der Waals surface area contributed by atoms with E-state index in [0.29, 0.717) is 6.04 Å². The minimum atomic E-state index is -0.0550. The molecule has 0 bridgehead atoms. The molecule has 0 aromatic heterocycles. The van der Waals surface area contributed by atoms with Crippen LogP contribution in [0.5, 0.6) is 0 Å². The summed E-state index contributed by atoms with van der Waals surface area (Å²) in [5, 5.41) is 3.67. The lowest BCUT2D eigenvalue weighted by atomic mass is 9.96. The zero-order valence-electron chi connectivity index (χ0n) is 14.0. The molecule has 0 saturated heterocycles. The highest BCUT2D eigenvalue weighted by molar-refractivity contribution is 5.57. The van der Waals surface area contributed by atoms with Gasteiger partial charge in [0, 0.05) is 24.8 Å². The van der Waals surface area contributed by atoms with E-state index in [1.54, 1.807) is 0 Å². The molecule has 1 aromatic carbocycles. The fourth-order valence-electron chi connectivity index (χ4n) is 2.86. The summed E-state index contributed by atoms with van der Waals surface area (Å²) in [6.45, 7) is 12.5. The van der Waals surface area contributed by atoms with E-state index in [2.05, 4.69) is 62.2 Å². The average Bonchev–Trinajstić information content (AvgIpc) is 2.45. The molecule has 0 amide bonds. The van der Waals surface area contributed by atoms with Crippen LogP contribution in [0, 0.1) is 0 Å². The van der Waals surface area contributed by atoms with Crippen molar-refractivity contribution in [3.63, 3.8) is 0 Å². The highest BCUT2D eigenvalue weighted by atomic mass is 16.5. The monoisotopic (exact) mass is 290 g/mol. The maximum absolute atomic E-state index is 5.88. The zero-order valence-corrected chi connectivity index (χ0v) is 14.0. The van der Waals surface area contributed by atoms with Crippen LogP contribution in [-0.2, 0) is 4.74 Å². The summed E-state index contributed by atoms with van der Waals surface area (Å²) in [4.78, 5) is 2.46. The predicted octanol–water partition coefficient (Wildman–Crippen LogP) is 3.75. The van der Waals surface area contributed by atoms with Crippen molar-refractivity contribution in [3.8, 4) is 0 Å². The van der Waals surface area contributed by atoms with Crippen molar-refractivity contribution in [3.05, 3.63) is 29.8 Å². The fraction of sp³-hybridized carbons (Fsp3) is 0.667. The molecule has 3 nitrogen and oxygen atoms in total. The summed E-state index contributed by atoms with van der Waals surface area (Å²) in [5.74, 6) is 0. The zero-order chi connectivity index (χ0) is 15.3. The van der Waals surface area contributed by atoms with Gasteiger partial charge < -0.3 is 15.0 Å². The number of hydrogen-bond acceptors (Lipinski definition) is 3. The molecule has 0 saturated carbocycles. The third-order valence-electron chi connectivity index (χ3n) is 3.88. The third-order valence-corrected chi connectivity index (χ3v) is 3.88. The molecule has 1 unspecified atom stereocenters. The number of para-hydroxylation sites is 1. The van der Waals surface area contributed by atoms with E-state index in [9.17, 15) is 0 Å². The van der Waals surface area contributed by atoms with Gasteiger partial charge in [0.15, 0.2) is 0 Å². The number of nitrogens with zero attached hydrogens (tertiary/aromatic N) is 1. The highest BCUT2D eigenvalue weighted by Gasteiger charge is 2.24. The highest BCUT2D eigenvalue weighted by Crippen LogP contribution is 2.33. The van der Waals surface area contributed by atoms with Gasteiger partial charge in [0.25, 0.3) is 0 Å². The van der Waals surface area contributed by atoms with Gasteiger partial charge in [0.2, 0.25) is 0 Å². The Morgan fingerprint density at radius 1 is 1.29 bits per heavy atom. The molecule has 2 rings (SSSR count). The number of ether oxygens (including phenoxy) is 1. The Balaban J connectivity index is 2.01. The normalized spacial score (nSPS) is 18.7. The van der Waals surface area contributed by atoms with Gasteiger partial charge in [-0.2, -0.15) is 0 Å². The van der Waals surface area contributed by atoms with Crippen molar-refractivity contribution in [2.24, 2.45) is 0 Å². The first kappa shape index (κ1) is 16.3. The van der Waals surface area contributed by atoms with Crippen LogP contribution in [0.15, 0.2) is 24.3 Å². The molecule has 118 valence electrons. The minimum Gasteiger partial charge on any atom is -0.374 e. The Hall–Kier alpha value is -1.06. The molecule has 0 radical (unpaired) electrons. The summed E-state index contributed by atoms with van der Waals surface area (Å²) in [6, 6.07) is 9.29. The van der Waals surface area contributed by atoms with Gasteiger partial charge in [-0.25, -0.2) is 0 Å². The van der Waals surface area contributed by atoms with Gasteiger partial charge in [0.1, 0.15) is 0 Å². The summed E-state index contributed by atoms with van der Waals surface area (Å²) in [6.07, 6.45) is 2.36. The number of anilines is 1. The molecule has 0 aliphatic carbocycles. The standard InChI is InChI=1S/C18H30N2O/c1-5-11-19-16-10-12-20(13-14-21-18(2,3)4)17-9-7-6-8-15(16)17/h6-9,16,19H,5,10-14H2,1-4H3. The predicted molar refractivity (Wildman–Crippen MR) is 90.0 cm³/mol. The van der Waals surface area contributed by atoms with Gasteiger partial charge in [-0.15, -0.1) is 0 Å². The molecule has 1 heterocycles. The fourth-order valence-corrected chi connectivity index (χ4v) is 2.86.